The van der Waals surface area contributed by atoms with E-state index >= 15 is 0 Å². The zero-order valence-corrected chi connectivity index (χ0v) is 15.3. The molecule has 0 bridgehead atoms. The van der Waals surface area contributed by atoms with Crippen molar-refractivity contribution < 1.29 is 19.1 Å². The fourth-order valence-electron chi connectivity index (χ4n) is 2.56. The lowest BCUT2D eigenvalue weighted by molar-refractivity contribution is -0.131. The first-order valence-corrected chi connectivity index (χ1v) is 8.39. The number of nitriles is 1. The van der Waals surface area contributed by atoms with Crippen molar-refractivity contribution in [3.63, 3.8) is 0 Å². The number of methoxy groups -OCH3 is 1. The molecule has 3 rings (SSSR count). The van der Waals surface area contributed by atoms with E-state index in [1.165, 1.54) is 37.4 Å². The molecule has 1 atom stereocenters. The molecule has 0 saturated carbocycles. The highest BCUT2D eigenvalue weighted by molar-refractivity contribution is 6.33. The number of carbonyl (C=O) groups excluding carboxylic acids is 3. The number of barbiturate groups is 1. The van der Waals surface area contributed by atoms with Gasteiger partial charge in [0.2, 0.25) is 5.91 Å². The van der Waals surface area contributed by atoms with Crippen LogP contribution in [0.1, 0.15) is 5.56 Å². The minimum Gasteiger partial charge on any atom is -0.497 e. The van der Waals surface area contributed by atoms with Crippen LogP contribution in [0.25, 0.3) is 0 Å². The quantitative estimate of drug-likeness (QED) is 0.630. The monoisotopic (exact) mass is 396 g/mol. The minimum atomic E-state index is -1.34. The van der Waals surface area contributed by atoms with Crippen LogP contribution in [0.3, 0.4) is 0 Å². The number of ether oxygens (including phenoxy) is 1. The molecule has 1 heterocycles. The third-order valence-corrected chi connectivity index (χ3v) is 4.21. The van der Waals surface area contributed by atoms with E-state index in [0.29, 0.717) is 10.8 Å². The SMILES string of the molecule is COc1ccc(N2C(=O)NC(=O)[C@H](C=Nc3cc(Cl)ccc3C#N)C2=O)cc1. The number of carbonyl (C=O) groups is 3. The van der Waals surface area contributed by atoms with Gasteiger partial charge in [-0.15, -0.1) is 0 Å². The Morgan fingerprint density at radius 3 is 2.57 bits per heavy atom. The van der Waals surface area contributed by atoms with Crippen LogP contribution in [0, 0.1) is 17.2 Å². The molecule has 0 spiro atoms. The minimum absolute atomic E-state index is 0.212. The summed E-state index contributed by atoms with van der Waals surface area (Å²) in [5.74, 6) is -2.36. The molecule has 4 amide bonds. The molecule has 0 aliphatic carbocycles. The van der Waals surface area contributed by atoms with E-state index in [2.05, 4.69) is 10.3 Å². The summed E-state index contributed by atoms with van der Waals surface area (Å²) in [6, 6.07) is 11.7. The number of hydrogen-bond acceptors (Lipinski definition) is 6. The van der Waals surface area contributed by atoms with E-state index in [0.717, 1.165) is 11.1 Å². The van der Waals surface area contributed by atoms with Crippen LogP contribution >= 0.6 is 11.6 Å². The van der Waals surface area contributed by atoms with Gasteiger partial charge in [-0.1, -0.05) is 11.6 Å². The van der Waals surface area contributed by atoms with Crippen LogP contribution in [0.15, 0.2) is 47.5 Å². The predicted molar refractivity (Wildman–Crippen MR) is 102 cm³/mol. The molecule has 28 heavy (non-hydrogen) atoms. The number of halogens is 1. The summed E-state index contributed by atoms with van der Waals surface area (Å²) in [5, 5.41) is 11.6. The molecule has 0 radical (unpaired) electrons. The van der Waals surface area contributed by atoms with Crippen LogP contribution in [0.2, 0.25) is 5.02 Å². The van der Waals surface area contributed by atoms with Crippen molar-refractivity contribution in [3.8, 4) is 11.8 Å². The van der Waals surface area contributed by atoms with Gasteiger partial charge in [-0.3, -0.25) is 19.9 Å². The lowest BCUT2D eigenvalue weighted by Gasteiger charge is -2.28. The Hall–Kier alpha value is -3.70. The molecule has 8 nitrogen and oxygen atoms in total. The molecule has 2 aromatic carbocycles. The molecule has 2 aromatic rings. The average molecular weight is 397 g/mol. The van der Waals surface area contributed by atoms with E-state index in [4.69, 9.17) is 21.6 Å². The number of nitrogens with zero attached hydrogens (tertiary/aromatic N) is 3. The smallest absolute Gasteiger partial charge is 0.335 e. The number of urea groups is 1. The highest BCUT2D eigenvalue weighted by atomic mass is 35.5. The second-order valence-corrected chi connectivity index (χ2v) is 6.13. The first-order chi connectivity index (χ1) is 13.4. The third-order valence-electron chi connectivity index (χ3n) is 3.98. The van der Waals surface area contributed by atoms with Gasteiger partial charge in [-0.2, -0.15) is 5.26 Å². The Kier molecular flexibility index (Phi) is 5.38. The van der Waals surface area contributed by atoms with Crippen LogP contribution < -0.4 is 15.0 Å². The van der Waals surface area contributed by atoms with E-state index in [1.807, 2.05) is 6.07 Å². The molecule has 1 saturated heterocycles. The Morgan fingerprint density at radius 2 is 1.93 bits per heavy atom. The summed E-state index contributed by atoms with van der Waals surface area (Å²) in [4.78, 5) is 42.0. The van der Waals surface area contributed by atoms with Gasteiger partial charge in [-0.05, 0) is 42.5 Å². The molecular formula is C19H13ClN4O4. The number of imide groups is 2. The van der Waals surface area contributed by atoms with E-state index in [-0.39, 0.29) is 16.9 Å². The molecule has 140 valence electrons. The van der Waals surface area contributed by atoms with Crippen LogP contribution in [-0.4, -0.2) is 31.2 Å². The number of hydrogen-bond donors (Lipinski definition) is 1. The standard InChI is InChI=1S/C19H13ClN4O4/c1-28-14-6-4-13(5-7-14)24-18(26)15(17(25)23-19(24)27)10-22-16-8-12(20)3-2-11(16)9-21/h2-8,10,15H,1H3,(H,23,25,27)/t15-/m0/s1. The van der Waals surface area contributed by atoms with E-state index < -0.39 is 23.8 Å². The first kappa shape index (κ1) is 19.1. The Morgan fingerprint density at radius 1 is 1.21 bits per heavy atom. The number of amides is 4. The van der Waals surface area contributed by atoms with Gasteiger partial charge in [0.1, 0.15) is 11.8 Å². The topological polar surface area (TPSA) is 112 Å². The largest absolute Gasteiger partial charge is 0.497 e. The highest BCUT2D eigenvalue weighted by Gasteiger charge is 2.40. The summed E-state index contributed by atoms with van der Waals surface area (Å²) in [7, 11) is 1.49. The summed E-state index contributed by atoms with van der Waals surface area (Å²) in [6.45, 7) is 0. The lowest BCUT2D eigenvalue weighted by atomic mass is 10.1. The molecule has 0 aromatic heterocycles. The van der Waals surface area contributed by atoms with Gasteiger partial charge in [0, 0.05) is 11.2 Å². The number of anilines is 1. The Balaban J connectivity index is 1.92. The molecule has 1 fully saturated rings. The Bertz CT molecular complexity index is 1030. The van der Waals surface area contributed by atoms with Crippen LogP contribution in [-0.2, 0) is 9.59 Å². The van der Waals surface area contributed by atoms with Crippen LogP contribution in [0.5, 0.6) is 5.75 Å². The zero-order valence-electron chi connectivity index (χ0n) is 14.5. The van der Waals surface area contributed by atoms with Gasteiger partial charge in [-0.25, -0.2) is 9.69 Å². The molecule has 1 aliphatic rings. The van der Waals surface area contributed by atoms with E-state index in [9.17, 15) is 14.4 Å². The summed E-state index contributed by atoms with van der Waals surface area (Å²) < 4.78 is 5.05. The molecule has 1 aliphatic heterocycles. The number of rotatable bonds is 4. The maximum Gasteiger partial charge on any atom is 0.335 e. The van der Waals surface area contributed by atoms with Gasteiger partial charge in [0.25, 0.3) is 5.91 Å². The maximum atomic E-state index is 12.8. The van der Waals surface area contributed by atoms with E-state index in [1.54, 1.807) is 12.1 Å². The second kappa shape index (κ2) is 7.90. The van der Waals surface area contributed by atoms with Crippen molar-refractivity contribution >= 4 is 47.0 Å². The number of nitrogens with one attached hydrogen (secondary N) is 1. The second-order valence-electron chi connectivity index (χ2n) is 5.70. The average Bonchev–Trinajstić information content (AvgIpc) is 2.68. The molecule has 1 N–H and O–H groups in total. The summed E-state index contributed by atoms with van der Waals surface area (Å²) in [6.07, 6.45) is 1.09. The summed E-state index contributed by atoms with van der Waals surface area (Å²) in [5.41, 5.74) is 0.713. The van der Waals surface area contributed by atoms with Crippen molar-refractivity contribution in [2.45, 2.75) is 0 Å². The fraction of sp³-hybridized carbons (Fsp3) is 0.105. The highest BCUT2D eigenvalue weighted by Crippen LogP contribution is 2.25. The van der Waals surface area contributed by atoms with Crippen molar-refractivity contribution in [2.24, 2.45) is 10.9 Å². The molecule has 9 heteroatoms. The lowest BCUT2D eigenvalue weighted by Crippen LogP contribution is -2.58. The normalized spacial score (nSPS) is 16.8. The predicted octanol–water partition coefficient (Wildman–Crippen LogP) is 2.82. The maximum absolute atomic E-state index is 12.8. The molecule has 0 unspecified atom stereocenters. The third kappa shape index (κ3) is 3.70. The van der Waals surface area contributed by atoms with Crippen LogP contribution in [0.4, 0.5) is 16.2 Å². The fourth-order valence-corrected chi connectivity index (χ4v) is 2.72. The van der Waals surface area contributed by atoms with Gasteiger partial charge >= 0.3 is 6.03 Å². The first-order valence-electron chi connectivity index (χ1n) is 8.01. The summed E-state index contributed by atoms with van der Waals surface area (Å²) >= 11 is 5.91. The Labute approximate surface area is 165 Å². The number of aliphatic imine (C=N–C) groups is 1. The van der Waals surface area contributed by atoms with Gasteiger partial charge in [0.05, 0.1) is 24.0 Å². The van der Waals surface area contributed by atoms with Crippen molar-refractivity contribution in [1.29, 1.82) is 5.26 Å². The van der Waals surface area contributed by atoms with Crippen molar-refractivity contribution in [3.05, 3.63) is 53.1 Å². The van der Waals surface area contributed by atoms with Crippen molar-refractivity contribution in [1.82, 2.24) is 5.32 Å². The van der Waals surface area contributed by atoms with Gasteiger partial charge in [0.15, 0.2) is 5.92 Å². The van der Waals surface area contributed by atoms with Crippen molar-refractivity contribution in [2.75, 3.05) is 12.0 Å². The van der Waals surface area contributed by atoms with Gasteiger partial charge < -0.3 is 4.74 Å². The number of benzene rings is 2. The zero-order chi connectivity index (χ0) is 20.3. The molecular weight excluding hydrogens is 384 g/mol.